The van der Waals surface area contributed by atoms with Gasteiger partial charge in [0.1, 0.15) is 11.5 Å². The van der Waals surface area contributed by atoms with Gasteiger partial charge in [-0.2, -0.15) is 0 Å². The average Bonchev–Trinajstić information content (AvgIpc) is 3.12. The van der Waals surface area contributed by atoms with Crippen molar-refractivity contribution in [1.29, 1.82) is 0 Å². The lowest BCUT2D eigenvalue weighted by atomic mass is 9.99. The van der Waals surface area contributed by atoms with Gasteiger partial charge >= 0.3 is 0 Å². The number of amides is 1. The van der Waals surface area contributed by atoms with Gasteiger partial charge in [0.15, 0.2) is 9.84 Å². The van der Waals surface area contributed by atoms with E-state index in [1.54, 1.807) is 19.1 Å². The van der Waals surface area contributed by atoms with Crippen molar-refractivity contribution in [3.8, 4) is 11.5 Å². The molecule has 2 atom stereocenters. The van der Waals surface area contributed by atoms with Crippen LogP contribution in [0.5, 0.6) is 11.5 Å². The number of piperazine rings is 1. The van der Waals surface area contributed by atoms with Gasteiger partial charge in [0, 0.05) is 18.3 Å². The molecule has 2 aromatic carbocycles. The van der Waals surface area contributed by atoms with Crippen LogP contribution < -0.4 is 14.4 Å². The van der Waals surface area contributed by atoms with Gasteiger partial charge in [0.05, 0.1) is 38.3 Å². The molecular weight excluding hydrogens is 440 g/mol. The number of carbonyl (C=O) groups excluding carboxylic acids is 1. The zero-order chi connectivity index (χ0) is 23.8. The summed E-state index contributed by atoms with van der Waals surface area (Å²) in [5.74, 6) is 1.87. The molecular formula is C25H32N2O5S. The number of ether oxygens (including phenoxy) is 2. The van der Waals surface area contributed by atoms with E-state index in [4.69, 9.17) is 9.47 Å². The Kier molecular flexibility index (Phi) is 6.68. The second-order valence-electron chi connectivity index (χ2n) is 9.12. The topological polar surface area (TPSA) is 76.2 Å². The Bertz CT molecular complexity index is 1110. The quantitative estimate of drug-likeness (QED) is 0.617. The number of anilines is 1. The highest BCUT2D eigenvalue weighted by atomic mass is 32.2. The first-order chi connectivity index (χ1) is 15.7. The molecule has 0 aliphatic carbocycles. The maximum absolute atomic E-state index is 13.3. The van der Waals surface area contributed by atoms with Gasteiger partial charge in [0.2, 0.25) is 5.91 Å². The number of benzene rings is 2. The number of hydrogen-bond acceptors (Lipinski definition) is 6. The van der Waals surface area contributed by atoms with E-state index < -0.39 is 9.84 Å². The van der Waals surface area contributed by atoms with Crippen LogP contribution in [0.1, 0.15) is 30.9 Å². The fraction of sp³-hybridized carbons (Fsp3) is 0.480. The molecule has 8 heteroatoms. The minimum Gasteiger partial charge on any atom is -0.497 e. The molecule has 1 amide bonds. The van der Waals surface area contributed by atoms with Crippen LogP contribution in [-0.4, -0.2) is 70.1 Å². The lowest BCUT2D eigenvalue weighted by Crippen LogP contribution is -2.62. The predicted molar refractivity (Wildman–Crippen MR) is 129 cm³/mol. The fourth-order valence-corrected chi connectivity index (χ4v) is 6.88. The van der Waals surface area contributed by atoms with E-state index in [1.807, 2.05) is 47.4 Å². The van der Waals surface area contributed by atoms with Crippen molar-refractivity contribution in [2.75, 3.05) is 43.7 Å². The maximum atomic E-state index is 13.3. The van der Waals surface area contributed by atoms with E-state index in [0.717, 1.165) is 22.7 Å². The number of hydrogen-bond donors (Lipinski definition) is 0. The molecule has 2 saturated heterocycles. The lowest BCUT2D eigenvalue weighted by molar-refractivity contribution is -0.123. The molecule has 0 aromatic heterocycles. The summed E-state index contributed by atoms with van der Waals surface area (Å²) in [6, 6.07) is 12.9. The third kappa shape index (κ3) is 4.87. The van der Waals surface area contributed by atoms with Gasteiger partial charge in [-0.05, 0) is 53.8 Å². The first-order valence-electron chi connectivity index (χ1n) is 11.3. The molecule has 0 spiro atoms. The Balaban J connectivity index is 1.57. The van der Waals surface area contributed by atoms with Crippen LogP contribution >= 0.6 is 0 Å². The van der Waals surface area contributed by atoms with Crippen molar-refractivity contribution in [1.82, 2.24) is 4.90 Å². The normalized spacial score (nSPS) is 22.5. The largest absolute Gasteiger partial charge is 0.497 e. The van der Waals surface area contributed by atoms with Crippen molar-refractivity contribution in [2.24, 2.45) is 0 Å². The number of rotatable bonds is 7. The third-order valence-corrected chi connectivity index (χ3v) is 8.39. The molecule has 0 bridgehead atoms. The minimum atomic E-state index is -3.23. The Morgan fingerprint density at radius 3 is 2.33 bits per heavy atom. The summed E-state index contributed by atoms with van der Waals surface area (Å²) in [5, 5.41) is 0. The Morgan fingerprint density at radius 2 is 1.70 bits per heavy atom. The molecule has 2 aliphatic heterocycles. The van der Waals surface area contributed by atoms with Crippen molar-refractivity contribution in [3.05, 3.63) is 53.6 Å². The zero-order valence-corrected chi connectivity index (χ0v) is 20.5. The molecule has 2 heterocycles. The number of carbonyl (C=O) groups is 1. The summed E-state index contributed by atoms with van der Waals surface area (Å²) in [6.45, 7) is 4.99. The van der Waals surface area contributed by atoms with Gasteiger partial charge in [-0.15, -0.1) is 0 Å². The minimum absolute atomic E-state index is 0.00564. The summed E-state index contributed by atoms with van der Waals surface area (Å²) < 4.78 is 36.1. The maximum Gasteiger partial charge on any atom is 0.241 e. The highest BCUT2D eigenvalue weighted by Crippen LogP contribution is 2.33. The standard InChI is InChI=1S/C25H32N2O5S/c1-17(2)18-5-7-20(8-6-18)27-23-16-33(29,30)15-22(23)26(14-25(27)28)12-11-19-13-21(31-3)9-10-24(19)32-4/h5-10,13,17,22-23H,11-12,14-16H2,1-4H3. The average molecular weight is 473 g/mol. The molecule has 178 valence electrons. The van der Waals surface area contributed by atoms with Crippen molar-refractivity contribution >= 4 is 21.4 Å². The molecule has 2 aromatic rings. The van der Waals surface area contributed by atoms with Crippen LogP contribution in [0.2, 0.25) is 0 Å². The number of sulfone groups is 1. The van der Waals surface area contributed by atoms with Gasteiger partial charge < -0.3 is 14.4 Å². The van der Waals surface area contributed by atoms with E-state index in [0.29, 0.717) is 18.9 Å². The van der Waals surface area contributed by atoms with Gasteiger partial charge in [0.25, 0.3) is 0 Å². The first kappa shape index (κ1) is 23.6. The number of nitrogens with zero attached hydrogens (tertiary/aromatic N) is 2. The molecule has 0 N–H and O–H groups in total. The first-order valence-corrected chi connectivity index (χ1v) is 13.1. The monoisotopic (exact) mass is 472 g/mol. The molecule has 2 unspecified atom stereocenters. The van der Waals surface area contributed by atoms with Crippen LogP contribution in [-0.2, 0) is 21.1 Å². The summed E-state index contributed by atoms with van der Waals surface area (Å²) >= 11 is 0. The molecule has 2 fully saturated rings. The van der Waals surface area contributed by atoms with Crippen LogP contribution in [0.15, 0.2) is 42.5 Å². The highest BCUT2D eigenvalue weighted by molar-refractivity contribution is 7.91. The zero-order valence-electron chi connectivity index (χ0n) is 19.7. The van der Waals surface area contributed by atoms with Crippen LogP contribution in [0.3, 0.4) is 0 Å². The van der Waals surface area contributed by atoms with E-state index in [1.165, 1.54) is 5.56 Å². The second kappa shape index (κ2) is 9.35. The molecule has 4 rings (SSSR count). The summed E-state index contributed by atoms with van der Waals surface area (Å²) in [6.07, 6.45) is 0.625. The Hall–Kier alpha value is -2.58. The lowest BCUT2D eigenvalue weighted by Gasteiger charge is -2.43. The van der Waals surface area contributed by atoms with Gasteiger partial charge in [-0.25, -0.2) is 8.42 Å². The fourth-order valence-electron chi connectivity index (χ4n) is 4.90. The SMILES string of the molecule is COc1ccc(OC)c(CCN2CC(=O)N(c3ccc(C(C)C)cc3)C3CS(=O)(=O)CC32)c1. The van der Waals surface area contributed by atoms with Gasteiger partial charge in [-0.3, -0.25) is 9.69 Å². The van der Waals surface area contributed by atoms with E-state index in [-0.39, 0.29) is 36.0 Å². The van der Waals surface area contributed by atoms with E-state index in [9.17, 15) is 13.2 Å². The van der Waals surface area contributed by atoms with E-state index >= 15 is 0 Å². The second-order valence-corrected chi connectivity index (χ2v) is 11.3. The summed E-state index contributed by atoms with van der Waals surface area (Å²) in [7, 11) is 0.00460. The van der Waals surface area contributed by atoms with Gasteiger partial charge in [-0.1, -0.05) is 26.0 Å². The Morgan fingerprint density at radius 1 is 1.00 bits per heavy atom. The molecule has 0 saturated carbocycles. The van der Waals surface area contributed by atoms with Crippen molar-refractivity contribution in [3.63, 3.8) is 0 Å². The highest BCUT2D eigenvalue weighted by Gasteiger charge is 2.49. The molecule has 0 radical (unpaired) electrons. The summed E-state index contributed by atoms with van der Waals surface area (Å²) in [5.41, 5.74) is 2.92. The van der Waals surface area contributed by atoms with Crippen molar-refractivity contribution < 1.29 is 22.7 Å². The van der Waals surface area contributed by atoms with Crippen LogP contribution in [0, 0.1) is 0 Å². The van der Waals surface area contributed by atoms with Crippen LogP contribution in [0.25, 0.3) is 0 Å². The molecule has 7 nitrogen and oxygen atoms in total. The smallest absolute Gasteiger partial charge is 0.241 e. The third-order valence-electron chi connectivity index (χ3n) is 6.70. The number of methoxy groups -OCH3 is 2. The van der Waals surface area contributed by atoms with E-state index in [2.05, 4.69) is 13.8 Å². The molecule has 33 heavy (non-hydrogen) atoms. The predicted octanol–water partition coefficient (Wildman–Crippen LogP) is 2.88. The Labute approximate surface area is 196 Å². The number of fused-ring (bicyclic) bond motifs is 1. The van der Waals surface area contributed by atoms with Crippen molar-refractivity contribution in [2.45, 2.75) is 38.3 Å². The van der Waals surface area contributed by atoms with Crippen LogP contribution in [0.4, 0.5) is 5.69 Å². The molecule has 2 aliphatic rings. The summed E-state index contributed by atoms with van der Waals surface area (Å²) in [4.78, 5) is 17.0.